The molecule has 1 heteroatoms. The van der Waals surface area contributed by atoms with Crippen molar-refractivity contribution in [2.45, 2.75) is 6.54 Å². The summed E-state index contributed by atoms with van der Waals surface area (Å²) in [5, 5.41) is 0. The highest BCUT2D eigenvalue weighted by molar-refractivity contribution is 5.66. The fourth-order valence-electron chi connectivity index (χ4n) is 1.54. The Bertz CT molecular complexity index is 407. The van der Waals surface area contributed by atoms with Gasteiger partial charge in [0.25, 0.3) is 0 Å². The van der Waals surface area contributed by atoms with E-state index in [-0.39, 0.29) is 0 Å². The van der Waals surface area contributed by atoms with Crippen LogP contribution in [0.1, 0.15) is 5.56 Å². The molecule has 0 spiro atoms. The van der Waals surface area contributed by atoms with Crippen LogP contribution in [0.3, 0.4) is 0 Å². The molecule has 0 unspecified atom stereocenters. The van der Waals surface area contributed by atoms with Crippen LogP contribution in [0.15, 0.2) is 48.5 Å². The maximum absolute atomic E-state index is 5.68. The van der Waals surface area contributed by atoms with Crippen LogP contribution < -0.4 is 5.73 Å². The van der Waals surface area contributed by atoms with E-state index in [1.165, 1.54) is 16.7 Å². The molecular formula is C13H12N. The summed E-state index contributed by atoms with van der Waals surface area (Å²) >= 11 is 0. The first-order valence-corrected chi connectivity index (χ1v) is 4.66. The van der Waals surface area contributed by atoms with E-state index >= 15 is 0 Å². The Morgan fingerprint density at radius 1 is 1.07 bits per heavy atom. The van der Waals surface area contributed by atoms with Gasteiger partial charge in [-0.1, -0.05) is 42.5 Å². The second-order valence-corrected chi connectivity index (χ2v) is 3.15. The van der Waals surface area contributed by atoms with Gasteiger partial charge in [-0.25, -0.2) is 0 Å². The Labute approximate surface area is 84.2 Å². The average molecular weight is 182 g/mol. The van der Waals surface area contributed by atoms with E-state index in [1.54, 1.807) is 0 Å². The molecule has 0 aromatic heterocycles. The molecule has 2 aromatic rings. The first-order valence-electron chi connectivity index (χ1n) is 4.66. The first-order chi connectivity index (χ1) is 6.92. The summed E-state index contributed by atoms with van der Waals surface area (Å²) in [6.45, 7) is 0.574. The molecule has 1 nitrogen and oxygen atoms in total. The van der Waals surface area contributed by atoms with E-state index in [0.717, 1.165) is 0 Å². The molecule has 0 amide bonds. The molecule has 0 fully saturated rings. The normalized spacial score (nSPS) is 10.1. The minimum absolute atomic E-state index is 0.574. The smallest absolute Gasteiger partial charge is 0.0184 e. The lowest BCUT2D eigenvalue weighted by Gasteiger charge is -2.06. The van der Waals surface area contributed by atoms with E-state index in [1.807, 2.05) is 30.3 Å². The zero-order valence-electron chi connectivity index (χ0n) is 7.90. The standard InChI is InChI=1S/C13H12N/c14-10-12-8-4-5-9-13(12)11-6-2-1-3-7-11/h1-2,4-9H,10,14H2. The van der Waals surface area contributed by atoms with Gasteiger partial charge in [0.2, 0.25) is 0 Å². The number of hydrogen-bond acceptors (Lipinski definition) is 1. The third kappa shape index (κ3) is 1.68. The van der Waals surface area contributed by atoms with Gasteiger partial charge in [0, 0.05) is 6.54 Å². The third-order valence-corrected chi connectivity index (χ3v) is 2.26. The molecule has 0 saturated carbocycles. The van der Waals surface area contributed by atoms with Gasteiger partial charge in [0.15, 0.2) is 0 Å². The number of rotatable bonds is 2. The lowest BCUT2D eigenvalue weighted by Crippen LogP contribution is -1.98. The van der Waals surface area contributed by atoms with Crippen LogP contribution in [0.2, 0.25) is 0 Å². The summed E-state index contributed by atoms with van der Waals surface area (Å²) < 4.78 is 0. The number of nitrogens with two attached hydrogens (primary N) is 1. The molecule has 0 aliphatic heterocycles. The highest BCUT2D eigenvalue weighted by atomic mass is 14.5. The maximum atomic E-state index is 5.68. The zero-order chi connectivity index (χ0) is 9.80. The molecular weight excluding hydrogens is 170 g/mol. The molecule has 2 rings (SSSR count). The van der Waals surface area contributed by atoms with Gasteiger partial charge in [-0.2, -0.15) is 0 Å². The summed E-state index contributed by atoms with van der Waals surface area (Å²) in [6, 6.07) is 19.2. The Kier molecular flexibility index (Phi) is 2.61. The molecule has 0 bridgehead atoms. The first kappa shape index (κ1) is 8.97. The largest absolute Gasteiger partial charge is 0.326 e. The lowest BCUT2D eigenvalue weighted by molar-refractivity contribution is 1.07. The summed E-state index contributed by atoms with van der Waals surface area (Å²) in [7, 11) is 0. The van der Waals surface area contributed by atoms with Crippen molar-refractivity contribution < 1.29 is 0 Å². The molecule has 0 aliphatic carbocycles. The molecule has 2 aromatic carbocycles. The topological polar surface area (TPSA) is 26.0 Å². The Morgan fingerprint density at radius 2 is 1.93 bits per heavy atom. The van der Waals surface area contributed by atoms with Gasteiger partial charge in [0.1, 0.15) is 0 Å². The Hall–Kier alpha value is -1.60. The SMILES string of the molecule is NCc1ccccc1-c1c[c]ccc1. The molecule has 0 saturated heterocycles. The second-order valence-electron chi connectivity index (χ2n) is 3.15. The fourth-order valence-corrected chi connectivity index (χ4v) is 1.54. The van der Waals surface area contributed by atoms with Crippen molar-refractivity contribution >= 4 is 0 Å². The van der Waals surface area contributed by atoms with Crippen molar-refractivity contribution in [3.05, 3.63) is 60.2 Å². The minimum Gasteiger partial charge on any atom is -0.326 e. The van der Waals surface area contributed by atoms with E-state index < -0.39 is 0 Å². The van der Waals surface area contributed by atoms with E-state index in [9.17, 15) is 0 Å². The highest BCUT2D eigenvalue weighted by Crippen LogP contribution is 2.22. The average Bonchev–Trinajstić information content (AvgIpc) is 2.30. The minimum atomic E-state index is 0.574. The zero-order valence-corrected chi connectivity index (χ0v) is 7.90. The molecule has 69 valence electrons. The van der Waals surface area contributed by atoms with Gasteiger partial charge in [-0.15, -0.1) is 0 Å². The second kappa shape index (κ2) is 4.07. The number of benzene rings is 2. The van der Waals surface area contributed by atoms with Crippen molar-refractivity contribution in [1.82, 2.24) is 0 Å². The summed E-state index contributed by atoms with van der Waals surface area (Å²) in [5.74, 6) is 0. The van der Waals surface area contributed by atoms with Gasteiger partial charge in [-0.3, -0.25) is 0 Å². The van der Waals surface area contributed by atoms with E-state index in [4.69, 9.17) is 5.73 Å². The maximum Gasteiger partial charge on any atom is 0.0184 e. The van der Waals surface area contributed by atoms with Crippen LogP contribution in [0.4, 0.5) is 0 Å². The predicted molar refractivity (Wildman–Crippen MR) is 58.6 cm³/mol. The molecule has 0 aliphatic rings. The van der Waals surface area contributed by atoms with E-state index in [0.29, 0.717) is 6.54 Å². The third-order valence-electron chi connectivity index (χ3n) is 2.26. The van der Waals surface area contributed by atoms with Crippen LogP contribution >= 0.6 is 0 Å². The van der Waals surface area contributed by atoms with Crippen LogP contribution in [-0.4, -0.2) is 0 Å². The van der Waals surface area contributed by atoms with Crippen LogP contribution in [-0.2, 0) is 6.54 Å². The molecule has 1 radical (unpaired) electrons. The van der Waals surface area contributed by atoms with Gasteiger partial charge in [-0.05, 0) is 28.8 Å². The Morgan fingerprint density at radius 3 is 2.64 bits per heavy atom. The van der Waals surface area contributed by atoms with Crippen LogP contribution in [0, 0.1) is 6.07 Å². The predicted octanol–water partition coefficient (Wildman–Crippen LogP) is 2.61. The fraction of sp³-hybridized carbons (Fsp3) is 0.0769. The van der Waals surface area contributed by atoms with Crippen molar-refractivity contribution in [2.24, 2.45) is 5.73 Å². The summed E-state index contributed by atoms with van der Waals surface area (Å²) in [5.41, 5.74) is 9.23. The van der Waals surface area contributed by atoms with Gasteiger partial charge < -0.3 is 5.73 Å². The van der Waals surface area contributed by atoms with Crippen LogP contribution in [0.5, 0.6) is 0 Å². The molecule has 0 heterocycles. The highest BCUT2D eigenvalue weighted by Gasteiger charge is 2.00. The molecule has 2 N–H and O–H groups in total. The molecule has 14 heavy (non-hydrogen) atoms. The quantitative estimate of drug-likeness (QED) is 0.759. The van der Waals surface area contributed by atoms with Gasteiger partial charge in [0.05, 0.1) is 0 Å². The van der Waals surface area contributed by atoms with Crippen molar-refractivity contribution in [2.75, 3.05) is 0 Å². The monoisotopic (exact) mass is 182 g/mol. The van der Waals surface area contributed by atoms with Crippen LogP contribution in [0.25, 0.3) is 11.1 Å². The Balaban J connectivity index is 2.51. The molecule has 0 atom stereocenters. The van der Waals surface area contributed by atoms with Gasteiger partial charge >= 0.3 is 0 Å². The van der Waals surface area contributed by atoms with Crippen molar-refractivity contribution in [3.8, 4) is 11.1 Å². The lowest BCUT2D eigenvalue weighted by atomic mass is 10.00. The van der Waals surface area contributed by atoms with E-state index in [2.05, 4.69) is 24.3 Å². The summed E-state index contributed by atoms with van der Waals surface area (Å²) in [4.78, 5) is 0. The summed E-state index contributed by atoms with van der Waals surface area (Å²) in [6.07, 6.45) is 0. The number of hydrogen-bond donors (Lipinski definition) is 1. The van der Waals surface area contributed by atoms with Crippen molar-refractivity contribution in [1.29, 1.82) is 0 Å². The van der Waals surface area contributed by atoms with Crippen molar-refractivity contribution in [3.63, 3.8) is 0 Å².